The van der Waals surface area contributed by atoms with Crippen LogP contribution in [0.1, 0.15) is 46.9 Å². The average molecular weight is 497 g/mol. The number of benzene rings is 1. The number of ether oxygens (including phenoxy) is 1. The van der Waals surface area contributed by atoms with Crippen molar-refractivity contribution < 1.29 is 19.1 Å². The Morgan fingerprint density at radius 2 is 1.69 bits per heavy atom. The van der Waals surface area contributed by atoms with Crippen LogP contribution in [0.25, 0.3) is 0 Å². The minimum absolute atomic E-state index is 0.00538. The Bertz CT molecular complexity index is 1040. The first kappa shape index (κ1) is 25.0. The van der Waals surface area contributed by atoms with Gasteiger partial charge in [0.05, 0.1) is 23.5 Å². The monoisotopic (exact) mass is 496 g/mol. The maximum absolute atomic E-state index is 13.4. The summed E-state index contributed by atoms with van der Waals surface area (Å²) in [5.41, 5.74) is 1.08. The molecule has 0 radical (unpaired) electrons. The Hall–Kier alpha value is -3.07. The van der Waals surface area contributed by atoms with Gasteiger partial charge in [-0.25, -0.2) is 9.78 Å². The lowest BCUT2D eigenvalue weighted by Gasteiger charge is -2.23. The average Bonchev–Trinajstić information content (AvgIpc) is 3.32. The maximum Gasteiger partial charge on any atom is 0.339 e. The molecule has 9 heteroatoms. The predicted octanol–water partition coefficient (Wildman–Crippen LogP) is 3.33. The van der Waals surface area contributed by atoms with E-state index in [2.05, 4.69) is 9.88 Å². The molecule has 4 rings (SSSR count). The minimum atomic E-state index is -0.377. The highest BCUT2D eigenvalue weighted by atomic mass is 32.2. The number of carbonyl (C=O) groups excluding carboxylic acids is 3. The Balaban J connectivity index is 1.37. The van der Waals surface area contributed by atoms with Gasteiger partial charge in [-0.05, 0) is 50.5 Å². The van der Waals surface area contributed by atoms with Gasteiger partial charge >= 0.3 is 5.97 Å². The van der Waals surface area contributed by atoms with Gasteiger partial charge in [0.25, 0.3) is 5.91 Å². The second-order valence-electron chi connectivity index (χ2n) is 8.63. The Labute approximate surface area is 210 Å². The van der Waals surface area contributed by atoms with Crippen LogP contribution in [0.5, 0.6) is 0 Å². The number of amides is 2. The molecule has 2 fully saturated rings. The second-order valence-corrected chi connectivity index (χ2v) is 9.65. The van der Waals surface area contributed by atoms with E-state index in [0.717, 1.165) is 49.6 Å². The first-order valence-electron chi connectivity index (χ1n) is 12.2. The number of hydrogen-bond acceptors (Lipinski definition) is 7. The van der Waals surface area contributed by atoms with Crippen molar-refractivity contribution in [2.75, 3.05) is 56.5 Å². The van der Waals surface area contributed by atoms with Gasteiger partial charge in [-0.15, -0.1) is 11.8 Å². The fourth-order valence-electron chi connectivity index (χ4n) is 4.39. The van der Waals surface area contributed by atoms with Crippen molar-refractivity contribution in [3.8, 4) is 0 Å². The fourth-order valence-corrected chi connectivity index (χ4v) is 5.34. The lowest BCUT2D eigenvalue weighted by molar-refractivity contribution is -0.127. The van der Waals surface area contributed by atoms with Crippen molar-refractivity contribution in [1.29, 1.82) is 0 Å². The number of aromatic nitrogens is 1. The van der Waals surface area contributed by atoms with Gasteiger partial charge < -0.3 is 19.4 Å². The summed E-state index contributed by atoms with van der Waals surface area (Å²) in [6.45, 7) is 6.43. The zero-order valence-corrected chi connectivity index (χ0v) is 21.0. The molecular weight excluding hydrogens is 464 g/mol. The second kappa shape index (κ2) is 12.1. The highest BCUT2D eigenvalue weighted by molar-refractivity contribution is 8.00. The number of thioether (sulfide) groups is 1. The molecule has 0 bridgehead atoms. The molecule has 0 aliphatic carbocycles. The molecule has 3 heterocycles. The molecule has 2 aromatic rings. The number of rotatable bonds is 7. The molecule has 0 atom stereocenters. The van der Waals surface area contributed by atoms with E-state index in [1.165, 1.54) is 18.0 Å². The molecule has 1 aromatic carbocycles. The van der Waals surface area contributed by atoms with Gasteiger partial charge in [0.15, 0.2) is 0 Å². The molecule has 1 aromatic heterocycles. The van der Waals surface area contributed by atoms with Crippen LogP contribution < -0.4 is 4.90 Å². The highest BCUT2D eigenvalue weighted by Gasteiger charge is 2.24. The standard InChI is InChI=1S/C26H32N4O4S/c1-2-34-26(33)20-10-11-23(27-18-20)28-14-7-15-30(17-16-28)25(32)21-8-3-4-9-22(21)35-19-24(31)29-12-5-6-13-29/h3-4,8-11,18H,2,5-7,12-17,19H2,1H3. The summed E-state index contributed by atoms with van der Waals surface area (Å²) in [5.74, 6) is 0.892. The topological polar surface area (TPSA) is 83.0 Å². The quantitative estimate of drug-likeness (QED) is 0.430. The van der Waals surface area contributed by atoms with Crippen molar-refractivity contribution >= 4 is 35.4 Å². The Kier molecular flexibility index (Phi) is 8.63. The zero-order valence-electron chi connectivity index (χ0n) is 20.1. The van der Waals surface area contributed by atoms with Crippen molar-refractivity contribution in [2.45, 2.75) is 31.1 Å². The summed E-state index contributed by atoms with van der Waals surface area (Å²) < 4.78 is 5.02. The summed E-state index contributed by atoms with van der Waals surface area (Å²) in [6.07, 6.45) is 4.50. The molecule has 186 valence electrons. The zero-order chi connectivity index (χ0) is 24.6. The molecular formula is C26H32N4O4S. The van der Waals surface area contributed by atoms with Crippen molar-refractivity contribution in [1.82, 2.24) is 14.8 Å². The van der Waals surface area contributed by atoms with Gasteiger partial charge in [0.2, 0.25) is 5.91 Å². The van der Waals surface area contributed by atoms with Crippen molar-refractivity contribution in [2.24, 2.45) is 0 Å². The molecule has 2 saturated heterocycles. The fraction of sp³-hybridized carbons (Fsp3) is 0.462. The molecule has 2 aliphatic heterocycles. The van der Waals surface area contributed by atoms with E-state index in [-0.39, 0.29) is 17.8 Å². The first-order chi connectivity index (χ1) is 17.1. The smallest absolute Gasteiger partial charge is 0.339 e. The van der Waals surface area contributed by atoms with Gasteiger partial charge in [0, 0.05) is 50.4 Å². The molecule has 35 heavy (non-hydrogen) atoms. The van der Waals surface area contributed by atoms with E-state index in [4.69, 9.17) is 4.74 Å². The third kappa shape index (κ3) is 6.33. The maximum atomic E-state index is 13.4. The summed E-state index contributed by atoms with van der Waals surface area (Å²) in [6, 6.07) is 11.1. The molecule has 2 aliphatic rings. The van der Waals surface area contributed by atoms with Gasteiger partial charge in [-0.1, -0.05) is 12.1 Å². The number of hydrogen-bond donors (Lipinski definition) is 0. The minimum Gasteiger partial charge on any atom is -0.462 e. The number of likely N-dealkylation sites (tertiary alicyclic amines) is 1. The van der Waals surface area contributed by atoms with E-state index in [1.54, 1.807) is 13.0 Å². The molecule has 0 unspecified atom stereocenters. The van der Waals surface area contributed by atoms with E-state index >= 15 is 0 Å². The van der Waals surface area contributed by atoms with Crippen LogP contribution in [0.15, 0.2) is 47.5 Å². The number of carbonyl (C=O) groups is 3. The number of anilines is 1. The molecule has 0 N–H and O–H groups in total. The van der Waals surface area contributed by atoms with Crippen LogP contribution in [0.4, 0.5) is 5.82 Å². The van der Waals surface area contributed by atoms with E-state index in [1.807, 2.05) is 40.1 Å². The lowest BCUT2D eigenvalue weighted by Crippen LogP contribution is -2.35. The van der Waals surface area contributed by atoms with Crippen LogP contribution in [-0.2, 0) is 9.53 Å². The SMILES string of the molecule is CCOC(=O)c1ccc(N2CCCN(C(=O)c3ccccc3SCC(=O)N3CCCC3)CC2)nc1. The highest BCUT2D eigenvalue weighted by Crippen LogP contribution is 2.26. The Morgan fingerprint density at radius 1 is 0.914 bits per heavy atom. The van der Waals surface area contributed by atoms with Gasteiger partial charge in [0.1, 0.15) is 5.82 Å². The summed E-state index contributed by atoms with van der Waals surface area (Å²) in [7, 11) is 0. The third-order valence-electron chi connectivity index (χ3n) is 6.29. The number of esters is 1. The predicted molar refractivity (Wildman–Crippen MR) is 136 cm³/mol. The third-order valence-corrected chi connectivity index (χ3v) is 7.35. The van der Waals surface area contributed by atoms with Crippen LogP contribution in [-0.4, -0.2) is 84.2 Å². The van der Waals surface area contributed by atoms with Gasteiger partial charge in [-0.3, -0.25) is 9.59 Å². The molecule has 8 nitrogen and oxygen atoms in total. The number of pyridine rings is 1. The summed E-state index contributed by atoms with van der Waals surface area (Å²) in [4.78, 5) is 49.0. The molecule has 0 spiro atoms. The van der Waals surface area contributed by atoms with Crippen LogP contribution in [0, 0.1) is 0 Å². The van der Waals surface area contributed by atoms with Crippen LogP contribution in [0.2, 0.25) is 0 Å². The number of nitrogens with zero attached hydrogens (tertiary/aromatic N) is 4. The molecule has 2 amide bonds. The van der Waals surface area contributed by atoms with Crippen molar-refractivity contribution in [3.63, 3.8) is 0 Å². The van der Waals surface area contributed by atoms with E-state index in [0.29, 0.717) is 43.1 Å². The Morgan fingerprint density at radius 3 is 2.43 bits per heavy atom. The molecule has 0 saturated carbocycles. The van der Waals surface area contributed by atoms with Crippen molar-refractivity contribution in [3.05, 3.63) is 53.7 Å². The normalized spacial score (nSPS) is 16.2. The summed E-state index contributed by atoms with van der Waals surface area (Å²) >= 11 is 1.45. The lowest BCUT2D eigenvalue weighted by atomic mass is 10.2. The summed E-state index contributed by atoms with van der Waals surface area (Å²) in [5, 5.41) is 0. The van der Waals surface area contributed by atoms with E-state index < -0.39 is 0 Å². The first-order valence-corrected chi connectivity index (χ1v) is 13.2. The van der Waals surface area contributed by atoms with Crippen LogP contribution >= 0.6 is 11.8 Å². The van der Waals surface area contributed by atoms with Gasteiger partial charge in [-0.2, -0.15) is 0 Å². The largest absolute Gasteiger partial charge is 0.462 e. The van der Waals surface area contributed by atoms with Crippen LogP contribution in [0.3, 0.4) is 0 Å². The van der Waals surface area contributed by atoms with E-state index in [9.17, 15) is 14.4 Å².